The molecule has 4 rings (SSSR count). The van der Waals surface area contributed by atoms with Gasteiger partial charge in [0.25, 0.3) is 5.91 Å². The maximum Gasteiger partial charge on any atom is 0.266 e. The van der Waals surface area contributed by atoms with E-state index in [1.807, 2.05) is 24.0 Å². The van der Waals surface area contributed by atoms with Crippen molar-refractivity contribution in [3.63, 3.8) is 0 Å². The maximum absolute atomic E-state index is 12.7. The predicted molar refractivity (Wildman–Crippen MR) is 92.3 cm³/mol. The van der Waals surface area contributed by atoms with E-state index in [0.717, 1.165) is 6.42 Å². The molecule has 0 saturated heterocycles. The van der Waals surface area contributed by atoms with Crippen LogP contribution in [-0.2, 0) is 16.0 Å². The fourth-order valence-electron chi connectivity index (χ4n) is 3.35. The zero-order valence-corrected chi connectivity index (χ0v) is 14.1. The Labute approximate surface area is 144 Å². The van der Waals surface area contributed by atoms with Crippen LogP contribution in [0.25, 0.3) is 0 Å². The number of amides is 2. The molecule has 1 N–H and O–H groups in total. The Morgan fingerprint density at radius 1 is 1.38 bits per heavy atom. The molecule has 0 bridgehead atoms. The lowest BCUT2D eigenvalue weighted by atomic mass is 10.0. The van der Waals surface area contributed by atoms with E-state index in [0.29, 0.717) is 18.0 Å². The number of anilines is 1. The number of carbonyl (C=O) groups excluding carboxylic acids is 2. The standard InChI is InChI=1S/C18H18N2O3S/c1-11-12-7-9-24-16(12)6-8-20(11)17(21)10-15-18(22)19-13-4-2-3-5-14(13)23-15/h2-5,7,9,11,15H,6,8,10H2,1H3,(H,19,22)/t11-,15-/m1/s1. The Morgan fingerprint density at radius 3 is 3.08 bits per heavy atom. The summed E-state index contributed by atoms with van der Waals surface area (Å²) in [5.41, 5.74) is 1.87. The molecule has 0 fully saturated rings. The number of ether oxygens (including phenoxy) is 1. The van der Waals surface area contributed by atoms with E-state index in [-0.39, 0.29) is 24.3 Å². The lowest BCUT2D eigenvalue weighted by Gasteiger charge is -2.35. The molecule has 2 atom stereocenters. The average Bonchev–Trinajstić information content (AvgIpc) is 3.05. The number of para-hydroxylation sites is 2. The molecule has 0 aliphatic carbocycles. The van der Waals surface area contributed by atoms with Crippen LogP contribution in [0.1, 0.15) is 29.8 Å². The molecule has 6 heteroatoms. The zero-order chi connectivity index (χ0) is 16.7. The lowest BCUT2D eigenvalue weighted by Crippen LogP contribution is -2.44. The Bertz CT molecular complexity index is 801. The van der Waals surface area contributed by atoms with Crippen LogP contribution in [0, 0.1) is 0 Å². The topological polar surface area (TPSA) is 58.6 Å². The molecule has 0 saturated carbocycles. The van der Waals surface area contributed by atoms with Crippen molar-refractivity contribution in [3.05, 3.63) is 46.2 Å². The van der Waals surface area contributed by atoms with Gasteiger partial charge in [0.05, 0.1) is 18.2 Å². The SMILES string of the molecule is C[C@@H]1c2ccsc2CCN1C(=O)C[C@H]1Oc2ccccc2NC1=O. The number of hydrogen-bond donors (Lipinski definition) is 1. The molecular weight excluding hydrogens is 324 g/mol. The number of nitrogens with one attached hydrogen (secondary N) is 1. The first kappa shape index (κ1) is 15.2. The van der Waals surface area contributed by atoms with Crippen molar-refractivity contribution >= 4 is 28.8 Å². The van der Waals surface area contributed by atoms with Gasteiger partial charge in [-0.3, -0.25) is 9.59 Å². The second-order valence-corrected chi connectivity index (χ2v) is 7.11. The number of fused-ring (bicyclic) bond motifs is 2. The van der Waals surface area contributed by atoms with Crippen molar-refractivity contribution in [2.45, 2.75) is 31.9 Å². The molecule has 2 aliphatic rings. The summed E-state index contributed by atoms with van der Waals surface area (Å²) in [6.45, 7) is 2.73. The third kappa shape index (κ3) is 2.57. The molecule has 24 heavy (non-hydrogen) atoms. The molecule has 0 unspecified atom stereocenters. The third-order valence-corrected chi connectivity index (χ3v) is 5.66. The second-order valence-electron chi connectivity index (χ2n) is 6.11. The second kappa shape index (κ2) is 5.94. The highest BCUT2D eigenvalue weighted by Gasteiger charge is 2.34. The van der Waals surface area contributed by atoms with Gasteiger partial charge in [0, 0.05) is 11.4 Å². The predicted octanol–water partition coefficient (Wildman–Crippen LogP) is 2.98. The minimum absolute atomic E-state index is 0.0427. The van der Waals surface area contributed by atoms with Gasteiger partial charge in [0.15, 0.2) is 6.10 Å². The van der Waals surface area contributed by atoms with Gasteiger partial charge < -0.3 is 15.0 Å². The van der Waals surface area contributed by atoms with Gasteiger partial charge in [-0.25, -0.2) is 0 Å². The number of hydrogen-bond acceptors (Lipinski definition) is 4. The fourth-order valence-corrected chi connectivity index (χ4v) is 4.32. The molecule has 3 heterocycles. The molecule has 1 aromatic heterocycles. The molecule has 124 valence electrons. The molecule has 0 radical (unpaired) electrons. The zero-order valence-electron chi connectivity index (χ0n) is 13.3. The first-order chi connectivity index (χ1) is 11.6. The smallest absolute Gasteiger partial charge is 0.266 e. The van der Waals surface area contributed by atoms with Crippen LogP contribution in [0.2, 0.25) is 0 Å². The van der Waals surface area contributed by atoms with Crippen molar-refractivity contribution in [2.75, 3.05) is 11.9 Å². The maximum atomic E-state index is 12.7. The Morgan fingerprint density at radius 2 is 2.21 bits per heavy atom. The van der Waals surface area contributed by atoms with E-state index in [4.69, 9.17) is 4.74 Å². The minimum atomic E-state index is -0.775. The van der Waals surface area contributed by atoms with Crippen molar-refractivity contribution < 1.29 is 14.3 Å². The molecule has 0 spiro atoms. The largest absolute Gasteiger partial charge is 0.478 e. The number of thiophene rings is 1. The Kier molecular flexibility index (Phi) is 3.76. The van der Waals surface area contributed by atoms with E-state index in [1.54, 1.807) is 23.5 Å². The summed E-state index contributed by atoms with van der Waals surface area (Å²) in [4.78, 5) is 28.2. The first-order valence-corrected chi connectivity index (χ1v) is 8.94. The number of carbonyl (C=O) groups is 2. The van der Waals surface area contributed by atoms with Crippen LogP contribution in [0.3, 0.4) is 0 Å². The average molecular weight is 342 g/mol. The number of nitrogens with zero attached hydrogens (tertiary/aromatic N) is 1. The first-order valence-electron chi connectivity index (χ1n) is 8.06. The summed E-state index contributed by atoms with van der Waals surface area (Å²) in [5.74, 6) is 0.309. The van der Waals surface area contributed by atoms with Gasteiger partial charge in [-0.1, -0.05) is 12.1 Å². The van der Waals surface area contributed by atoms with Gasteiger partial charge in [0.1, 0.15) is 5.75 Å². The van der Waals surface area contributed by atoms with Gasteiger partial charge in [0.2, 0.25) is 5.91 Å². The van der Waals surface area contributed by atoms with E-state index in [1.165, 1.54) is 10.4 Å². The quantitative estimate of drug-likeness (QED) is 0.913. The molecular formula is C18H18N2O3S. The van der Waals surface area contributed by atoms with Gasteiger partial charge >= 0.3 is 0 Å². The monoisotopic (exact) mass is 342 g/mol. The minimum Gasteiger partial charge on any atom is -0.478 e. The highest BCUT2D eigenvalue weighted by Crippen LogP contribution is 2.34. The van der Waals surface area contributed by atoms with Crippen LogP contribution in [-0.4, -0.2) is 29.4 Å². The molecule has 2 aliphatic heterocycles. The molecule has 2 amide bonds. The van der Waals surface area contributed by atoms with Crippen LogP contribution in [0.4, 0.5) is 5.69 Å². The Hall–Kier alpha value is -2.34. The summed E-state index contributed by atoms with van der Waals surface area (Å²) in [5, 5.41) is 4.88. The van der Waals surface area contributed by atoms with Crippen LogP contribution in [0.15, 0.2) is 35.7 Å². The van der Waals surface area contributed by atoms with Crippen LogP contribution >= 0.6 is 11.3 Å². The molecule has 5 nitrogen and oxygen atoms in total. The molecule has 1 aromatic carbocycles. The number of rotatable bonds is 2. The van der Waals surface area contributed by atoms with E-state index >= 15 is 0 Å². The number of benzene rings is 1. The van der Waals surface area contributed by atoms with Gasteiger partial charge in [-0.2, -0.15) is 0 Å². The summed E-state index contributed by atoms with van der Waals surface area (Å²) in [6, 6.07) is 9.40. The van der Waals surface area contributed by atoms with E-state index in [2.05, 4.69) is 16.8 Å². The third-order valence-electron chi connectivity index (χ3n) is 4.66. The van der Waals surface area contributed by atoms with E-state index in [9.17, 15) is 9.59 Å². The van der Waals surface area contributed by atoms with Gasteiger partial charge in [-0.05, 0) is 42.5 Å². The normalized spacial score (nSPS) is 22.2. The highest BCUT2D eigenvalue weighted by molar-refractivity contribution is 7.10. The van der Waals surface area contributed by atoms with Crippen LogP contribution in [0.5, 0.6) is 5.75 Å². The Balaban J connectivity index is 1.48. The van der Waals surface area contributed by atoms with Crippen LogP contribution < -0.4 is 10.1 Å². The van der Waals surface area contributed by atoms with Gasteiger partial charge in [-0.15, -0.1) is 11.3 Å². The van der Waals surface area contributed by atoms with Crippen molar-refractivity contribution in [2.24, 2.45) is 0 Å². The highest BCUT2D eigenvalue weighted by atomic mass is 32.1. The lowest BCUT2D eigenvalue weighted by molar-refractivity contribution is -0.139. The fraction of sp³-hybridized carbons (Fsp3) is 0.333. The summed E-state index contributed by atoms with van der Waals surface area (Å²) >= 11 is 1.74. The van der Waals surface area contributed by atoms with Crippen molar-refractivity contribution in [1.82, 2.24) is 4.90 Å². The summed E-state index contributed by atoms with van der Waals surface area (Å²) in [7, 11) is 0. The van der Waals surface area contributed by atoms with Crippen molar-refractivity contribution in [1.29, 1.82) is 0 Å². The van der Waals surface area contributed by atoms with Crippen molar-refractivity contribution in [3.8, 4) is 5.75 Å². The van der Waals surface area contributed by atoms with E-state index < -0.39 is 6.10 Å². The summed E-state index contributed by atoms with van der Waals surface area (Å²) < 4.78 is 5.74. The molecule has 2 aromatic rings. The summed E-state index contributed by atoms with van der Waals surface area (Å²) in [6.07, 6.45) is 0.164.